The monoisotopic (exact) mass is 210 g/mol. The van der Waals surface area contributed by atoms with E-state index in [0.717, 1.165) is 0 Å². The van der Waals surface area contributed by atoms with E-state index in [1.165, 1.54) is 18.3 Å². The minimum atomic E-state index is -1.02. The number of nitriles is 1. The van der Waals surface area contributed by atoms with Gasteiger partial charge in [0.2, 0.25) is 6.19 Å². The van der Waals surface area contributed by atoms with Crippen LogP contribution in [0, 0.1) is 11.5 Å². The van der Waals surface area contributed by atoms with E-state index in [4.69, 9.17) is 10.00 Å². The number of nitrogens with zero attached hydrogens (tertiary/aromatic N) is 2. The highest BCUT2D eigenvalue weighted by Crippen LogP contribution is 1.92. The summed E-state index contributed by atoms with van der Waals surface area (Å²) in [7, 11) is 0. The van der Waals surface area contributed by atoms with Gasteiger partial charge in [-0.15, -0.1) is 0 Å². The Kier molecular flexibility index (Phi) is 7.05. The third-order valence-corrected chi connectivity index (χ3v) is 0.956. The Morgan fingerprint density at radius 3 is 2.47 bits per heavy atom. The Morgan fingerprint density at radius 1 is 1.33 bits per heavy atom. The normalized spacial score (nSPS) is 9.67. The molecule has 15 heavy (non-hydrogen) atoms. The van der Waals surface area contributed by atoms with E-state index in [1.807, 2.05) is 0 Å². The second-order valence-corrected chi connectivity index (χ2v) is 2.03. The summed E-state index contributed by atoms with van der Waals surface area (Å²) in [5.74, 6) is 0. The summed E-state index contributed by atoms with van der Waals surface area (Å²) >= 11 is 0. The molecule has 0 aromatic heterocycles. The van der Waals surface area contributed by atoms with Crippen LogP contribution in [0.25, 0.3) is 0 Å². The van der Waals surface area contributed by atoms with Crippen LogP contribution in [0.3, 0.4) is 0 Å². The zero-order chi connectivity index (χ0) is 11.5. The number of carbonyl (C=O) groups is 1. The lowest BCUT2D eigenvalue weighted by atomic mass is 10.7. The Balaban J connectivity index is 4.11. The maximum absolute atomic E-state index is 10.9. The summed E-state index contributed by atoms with van der Waals surface area (Å²) in [5, 5.41) is 8.23. The molecule has 0 atom stereocenters. The van der Waals surface area contributed by atoms with Crippen molar-refractivity contribution < 1.29 is 19.0 Å². The first kappa shape index (κ1) is 12.7. The van der Waals surface area contributed by atoms with Crippen LogP contribution in [-0.2, 0) is 14.2 Å². The van der Waals surface area contributed by atoms with Gasteiger partial charge in [0.25, 0.3) is 0 Å². The first-order valence-corrected chi connectivity index (χ1v) is 3.90. The maximum atomic E-state index is 10.9. The highest BCUT2D eigenvalue weighted by molar-refractivity contribution is 5.80. The number of rotatable bonds is 4. The molecule has 0 spiro atoms. The number of aliphatic imine (C=N–C) groups is 1. The molecular weight excluding hydrogens is 200 g/mol. The lowest BCUT2D eigenvalue weighted by molar-refractivity contribution is 0.0888. The van der Waals surface area contributed by atoms with Crippen LogP contribution in [0.4, 0.5) is 4.79 Å². The molecule has 0 aliphatic heterocycles. The van der Waals surface area contributed by atoms with Crippen molar-refractivity contribution in [3.05, 3.63) is 25.3 Å². The largest absolute Gasteiger partial charge is 0.517 e. The standard InChI is InChI=1S/C9H10N2O4/c1-3-5-13-8(11-7-10)15-9(12)14-6-4-2/h3-4H,1-2,5-6H2/b11-8+. The van der Waals surface area contributed by atoms with Gasteiger partial charge in [-0.05, 0) is 0 Å². The molecule has 0 amide bonds. The smallest absolute Gasteiger partial charge is 0.445 e. The summed E-state index contributed by atoms with van der Waals surface area (Å²) in [6, 6.07) is 0. The molecule has 6 nitrogen and oxygen atoms in total. The first-order valence-electron chi connectivity index (χ1n) is 3.90. The van der Waals surface area contributed by atoms with Crippen LogP contribution in [0.1, 0.15) is 0 Å². The van der Waals surface area contributed by atoms with E-state index < -0.39 is 12.2 Å². The topological polar surface area (TPSA) is 80.9 Å². The van der Waals surface area contributed by atoms with Gasteiger partial charge in [-0.3, -0.25) is 0 Å². The van der Waals surface area contributed by atoms with Gasteiger partial charge in [-0.1, -0.05) is 30.3 Å². The quantitative estimate of drug-likeness (QED) is 0.230. The Bertz CT molecular complexity index is 304. The summed E-state index contributed by atoms with van der Waals surface area (Å²) in [4.78, 5) is 14.0. The van der Waals surface area contributed by atoms with E-state index in [2.05, 4.69) is 27.6 Å². The van der Waals surface area contributed by atoms with Crippen molar-refractivity contribution in [3.63, 3.8) is 0 Å². The molecule has 0 aromatic rings. The van der Waals surface area contributed by atoms with Crippen molar-refractivity contribution >= 4 is 12.2 Å². The summed E-state index contributed by atoms with van der Waals surface area (Å²) in [5.41, 5.74) is 0. The van der Waals surface area contributed by atoms with Crippen molar-refractivity contribution in [2.24, 2.45) is 4.99 Å². The number of ether oxygens (including phenoxy) is 3. The summed E-state index contributed by atoms with van der Waals surface area (Å²) < 4.78 is 13.7. The molecule has 0 rings (SSSR count). The molecule has 0 aliphatic carbocycles. The number of hydrogen-bond donors (Lipinski definition) is 0. The summed E-state index contributed by atoms with van der Waals surface area (Å²) in [6.07, 6.45) is 2.69. The third-order valence-electron chi connectivity index (χ3n) is 0.956. The molecule has 6 heteroatoms. The first-order chi connectivity index (χ1) is 7.24. The van der Waals surface area contributed by atoms with E-state index in [9.17, 15) is 4.79 Å². The average Bonchev–Trinajstić information content (AvgIpc) is 2.23. The van der Waals surface area contributed by atoms with Gasteiger partial charge < -0.3 is 14.2 Å². The molecule has 0 unspecified atom stereocenters. The van der Waals surface area contributed by atoms with Gasteiger partial charge in [0.15, 0.2) is 0 Å². The molecule has 0 saturated heterocycles. The van der Waals surface area contributed by atoms with Gasteiger partial charge in [0.1, 0.15) is 13.2 Å². The Labute approximate surface area is 87.1 Å². The van der Waals surface area contributed by atoms with Crippen LogP contribution < -0.4 is 0 Å². The highest BCUT2D eigenvalue weighted by Gasteiger charge is 2.10. The molecular formula is C9H10N2O4. The van der Waals surface area contributed by atoms with E-state index in [0.29, 0.717) is 0 Å². The second-order valence-electron chi connectivity index (χ2n) is 2.03. The van der Waals surface area contributed by atoms with Crippen molar-refractivity contribution in [1.29, 1.82) is 5.26 Å². The third kappa shape index (κ3) is 6.83. The molecule has 80 valence electrons. The average molecular weight is 210 g/mol. The molecule has 0 N–H and O–H groups in total. The van der Waals surface area contributed by atoms with Gasteiger partial charge in [0.05, 0.1) is 0 Å². The fraction of sp³-hybridized carbons (Fsp3) is 0.222. The van der Waals surface area contributed by atoms with Crippen LogP contribution in [0.2, 0.25) is 0 Å². The highest BCUT2D eigenvalue weighted by atomic mass is 16.8. The van der Waals surface area contributed by atoms with Crippen LogP contribution in [0.15, 0.2) is 30.3 Å². The predicted octanol–water partition coefficient (Wildman–Crippen LogP) is 1.37. The molecule has 0 fully saturated rings. The van der Waals surface area contributed by atoms with Crippen LogP contribution in [-0.4, -0.2) is 25.5 Å². The van der Waals surface area contributed by atoms with Crippen molar-refractivity contribution in [3.8, 4) is 6.19 Å². The zero-order valence-electron chi connectivity index (χ0n) is 8.01. The number of hydrogen-bond acceptors (Lipinski definition) is 6. The van der Waals surface area contributed by atoms with E-state index >= 15 is 0 Å². The van der Waals surface area contributed by atoms with E-state index in [1.54, 1.807) is 0 Å². The van der Waals surface area contributed by atoms with Crippen molar-refractivity contribution in [1.82, 2.24) is 0 Å². The minimum absolute atomic E-state index is 0.000124. The van der Waals surface area contributed by atoms with Gasteiger partial charge in [-0.25, -0.2) is 4.79 Å². The Morgan fingerprint density at radius 2 is 1.93 bits per heavy atom. The van der Waals surface area contributed by atoms with E-state index in [-0.39, 0.29) is 13.2 Å². The molecule has 0 heterocycles. The lowest BCUT2D eigenvalue weighted by Crippen LogP contribution is -2.16. The molecule has 0 saturated carbocycles. The van der Waals surface area contributed by atoms with Gasteiger partial charge in [-0.2, -0.15) is 5.26 Å². The van der Waals surface area contributed by atoms with Crippen LogP contribution in [0.5, 0.6) is 0 Å². The van der Waals surface area contributed by atoms with Crippen LogP contribution >= 0.6 is 0 Å². The van der Waals surface area contributed by atoms with Gasteiger partial charge in [0, 0.05) is 0 Å². The van der Waals surface area contributed by atoms with Gasteiger partial charge >= 0.3 is 12.2 Å². The SMILES string of the molecule is C=CCOC(=O)O/C(=N/C#N)OCC=C. The zero-order valence-corrected chi connectivity index (χ0v) is 8.01. The van der Waals surface area contributed by atoms with Crippen molar-refractivity contribution in [2.75, 3.05) is 13.2 Å². The predicted molar refractivity (Wildman–Crippen MR) is 51.8 cm³/mol. The number of carbonyl (C=O) groups excluding carboxylic acids is 1. The molecule has 0 aromatic carbocycles. The summed E-state index contributed by atoms with van der Waals surface area (Å²) in [6.45, 7) is 6.78. The fourth-order valence-corrected chi connectivity index (χ4v) is 0.483. The molecule has 0 bridgehead atoms. The minimum Gasteiger partial charge on any atom is -0.445 e. The second kappa shape index (κ2) is 8.31. The lowest BCUT2D eigenvalue weighted by Gasteiger charge is -2.05. The molecule has 0 aliphatic rings. The molecule has 0 radical (unpaired) electrons. The fourth-order valence-electron chi connectivity index (χ4n) is 0.483. The van der Waals surface area contributed by atoms with Crippen molar-refractivity contribution in [2.45, 2.75) is 0 Å². The maximum Gasteiger partial charge on any atom is 0.517 e. The Hall–Kier alpha value is -2.29.